The van der Waals surface area contributed by atoms with E-state index in [4.69, 9.17) is 0 Å². The van der Waals surface area contributed by atoms with E-state index < -0.39 is 26.0 Å². The molecular formula is C21H25NO5S. The van der Waals surface area contributed by atoms with Gasteiger partial charge in [-0.3, -0.25) is 10.1 Å². The van der Waals surface area contributed by atoms with Crippen LogP contribution in [0.5, 0.6) is 5.75 Å². The van der Waals surface area contributed by atoms with E-state index in [1.54, 1.807) is 12.1 Å². The van der Waals surface area contributed by atoms with Crippen molar-refractivity contribution in [2.24, 2.45) is 0 Å². The van der Waals surface area contributed by atoms with Gasteiger partial charge in [0.1, 0.15) is 10.6 Å². The molecule has 6 nitrogen and oxygen atoms in total. The van der Waals surface area contributed by atoms with Crippen LogP contribution >= 0.6 is 0 Å². The van der Waals surface area contributed by atoms with E-state index in [-0.39, 0.29) is 16.3 Å². The molecule has 7 heteroatoms. The molecule has 0 aliphatic rings. The van der Waals surface area contributed by atoms with Crippen LogP contribution in [0.1, 0.15) is 63.8 Å². The van der Waals surface area contributed by atoms with E-state index in [0.717, 1.165) is 0 Å². The monoisotopic (exact) mass is 403 g/mol. The highest BCUT2D eigenvalue weighted by Crippen LogP contribution is 2.40. The Morgan fingerprint density at radius 1 is 0.893 bits per heavy atom. The van der Waals surface area contributed by atoms with Crippen LogP contribution in [0.4, 0.5) is 5.69 Å². The van der Waals surface area contributed by atoms with Crippen molar-refractivity contribution in [3.63, 3.8) is 0 Å². The van der Waals surface area contributed by atoms with Crippen LogP contribution in [0.15, 0.2) is 36.4 Å². The Morgan fingerprint density at radius 2 is 1.32 bits per heavy atom. The number of benzene rings is 2. The molecule has 0 atom stereocenters. The van der Waals surface area contributed by atoms with Gasteiger partial charge in [-0.2, -0.15) is 8.42 Å². The largest absolute Gasteiger partial charge is 0.507 e. The lowest BCUT2D eigenvalue weighted by atomic mass is 9.78. The number of aromatic hydroxyl groups is 1. The van der Waals surface area contributed by atoms with Crippen LogP contribution in [0, 0.1) is 10.1 Å². The van der Waals surface area contributed by atoms with E-state index in [2.05, 4.69) is 0 Å². The summed E-state index contributed by atoms with van der Waals surface area (Å²) < 4.78 is 24.2. The fourth-order valence-corrected chi connectivity index (χ4v) is 3.64. The molecule has 0 radical (unpaired) electrons. The summed E-state index contributed by atoms with van der Waals surface area (Å²) in [6, 6.07) is 8.75. The summed E-state index contributed by atoms with van der Waals surface area (Å²) in [7, 11) is -2.58. The molecule has 0 spiro atoms. The molecule has 0 aliphatic heterocycles. The van der Waals surface area contributed by atoms with Crippen LogP contribution in [0.2, 0.25) is 0 Å². The van der Waals surface area contributed by atoms with Gasteiger partial charge in [0.25, 0.3) is 5.69 Å². The second kappa shape index (κ2) is 7.39. The quantitative estimate of drug-likeness (QED) is 0.356. The van der Waals surface area contributed by atoms with E-state index in [1.165, 1.54) is 24.3 Å². The molecule has 0 saturated heterocycles. The van der Waals surface area contributed by atoms with Crippen molar-refractivity contribution in [1.29, 1.82) is 0 Å². The SMILES string of the molecule is CC(C)(C)c1cc(C(c2ccc([N+](=O)[O-])cc2)=S(=O)=O)cc(C(C)(C)C)c1O. The maximum absolute atomic E-state index is 12.1. The number of phenolic OH excluding ortho intramolecular Hbond substituents is 1. The Kier molecular flexibility index (Phi) is 5.71. The summed E-state index contributed by atoms with van der Waals surface area (Å²) >= 11 is 0. The topological polar surface area (TPSA) is 97.5 Å². The molecule has 0 bridgehead atoms. The third-order valence-corrected chi connectivity index (χ3v) is 5.30. The zero-order valence-corrected chi connectivity index (χ0v) is 17.7. The lowest BCUT2D eigenvalue weighted by Gasteiger charge is -2.28. The maximum Gasteiger partial charge on any atom is 0.269 e. The zero-order valence-electron chi connectivity index (χ0n) is 16.9. The predicted octanol–water partition coefficient (Wildman–Crippen LogP) is 4.34. The fraction of sp³-hybridized carbons (Fsp3) is 0.381. The molecule has 1 N–H and O–H groups in total. The maximum atomic E-state index is 12.1. The first-order valence-electron chi connectivity index (χ1n) is 8.83. The second-order valence-corrected chi connectivity index (χ2v) is 9.67. The molecule has 28 heavy (non-hydrogen) atoms. The highest BCUT2D eigenvalue weighted by molar-refractivity contribution is 7.74. The Hall–Kier alpha value is -2.67. The smallest absolute Gasteiger partial charge is 0.269 e. The number of nitrogens with zero attached hydrogens (tertiary/aromatic N) is 1. The average molecular weight is 404 g/mol. The molecule has 0 fully saturated rings. The number of rotatable bonds is 3. The summed E-state index contributed by atoms with van der Waals surface area (Å²) in [5, 5.41) is 21.7. The van der Waals surface area contributed by atoms with Gasteiger partial charge in [0.05, 0.1) is 4.92 Å². The molecule has 0 heterocycles. The number of hydrogen-bond donors (Lipinski definition) is 1. The molecule has 0 aromatic heterocycles. The zero-order chi connectivity index (χ0) is 21.4. The van der Waals surface area contributed by atoms with Crippen LogP contribution < -0.4 is 0 Å². The highest BCUT2D eigenvalue weighted by Gasteiger charge is 2.28. The second-order valence-electron chi connectivity index (χ2n) is 8.79. The minimum Gasteiger partial charge on any atom is -0.507 e. The standard InChI is InChI=1S/C21H25NO5S/c1-20(2,3)16-11-14(12-17(18(16)23)21(4,5)6)19(28(26)27)13-7-9-15(10-8-13)22(24)25/h7-12,23H,1-6H3. The summed E-state index contributed by atoms with van der Waals surface area (Å²) in [4.78, 5) is 10.4. The number of nitro benzene ring substituents is 1. The lowest BCUT2D eigenvalue weighted by molar-refractivity contribution is -0.384. The number of non-ortho nitro benzene ring substituents is 1. The fourth-order valence-electron chi connectivity index (χ4n) is 3.00. The van der Waals surface area contributed by atoms with Crippen LogP contribution in [0.3, 0.4) is 0 Å². The Bertz CT molecular complexity index is 1010. The van der Waals surface area contributed by atoms with Crippen molar-refractivity contribution in [3.05, 3.63) is 68.8 Å². The van der Waals surface area contributed by atoms with Crippen molar-refractivity contribution < 1.29 is 18.4 Å². The van der Waals surface area contributed by atoms with E-state index in [0.29, 0.717) is 22.3 Å². The Balaban J connectivity index is 2.83. The minimum atomic E-state index is -2.58. The molecule has 2 rings (SSSR count). The van der Waals surface area contributed by atoms with Gasteiger partial charge in [-0.15, -0.1) is 0 Å². The van der Waals surface area contributed by atoms with Gasteiger partial charge >= 0.3 is 0 Å². The van der Waals surface area contributed by atoms with Crippen molar-refractivity contribution in [2.45, 2.75) is 52.4 Å². The Morgan fingerprint density at radius 3 is 1.64 bits per heavy atom. The molecule has 0 aliphatic carbocycles. The van der Waals surface area contributed by atoms with Gasteiger partial charge in [0.15, 0.2) is 0 Å². The predicted molar refractivity (Wildman–Crippen MR) is 111 cm³/mol. The average Bonchev–Trinajstić information content (AvgIpc) is 2.54. The molecule has 150 valence electrons. The summed E-state index contributed by atoms with van der Waals surface area (Å²) in [5.41, 5.74) is 1.13. The third-order valence-electron chi connectivity index (χ3n) is 4.50. The van der Waals surface area contributed by atoms with Crippen molar-refractivity contribution in [3.8, 4) is 5.75 Å². The number of hydrogen-bond acceptors (Lipinski definition) is 5. The highest BCUT2D eigenvalue weighted by atomic mass is 32.2. The van der Waals surface area contributed by atoms with Gasteiger partial charge in [-0.05, 0) is 46.2 Å². The van der Waals surface area contributed by atoms with Crippen molar-refractivity contribution in [1.82, 2.24) is 0 Å². The van der Waals surface area contributed by atoms with E-state index >= 15 is 0 Å². The van der Waals surface area contributed by atoms with Gasteiger partial charge in [0.2, 0.25) is 10.3 Å². The van der Waals surface area contributed by atoms with E-state index in [1.807, 2.05) is 41.5 Å². The van der Waals surface area contributed by atoms with Crippen LogP contribution in [-0.2, 0) is 21.1 Å². The minimum absolute atomic E-state index is 0.0332. The van der Waals surface area contributed by atoms with Gasteiger partial charge in [0, 0.05) is 23.3 Å². The number of nitro groups is 1. The summed E-state index contributed by atoms with van der Waals surface area (Å²) in [6.45, 7) is 11.7. The summed E-state index contributed by atoms with van der Waals surface area (Å²) in [6.07, 6.45) is 0. The normalized spacial score (nSPS) is 11.9. The molecule has 0 amide bonds. The van der Waals surface area contributed by atoms with Crippen LogP contribution in [-0.4, -0.2) is 23.3 Å². The Labute approximate surface area is 166 Å². The lowest BCUT2D eigenvalue weighted by Crippen LogP contribution is -2.19. The molecule has 0 unspecified atom stereocenters. The first-order valence-corrected chi connectivity index (χ1v) is 9.90. The molecule has 2 aromatic rings. The molecule has 0 saturated carbocycles. The van der Waals surface area contributed by atoms with Crippen molar-refractivity contribution >= 4 is 20.8 Å². The van der Waals surface area contributed by atoms with E-state index in [9.17, 15) is 23.6 Å². The first-order chi connectivity index (χ1) is 12.7. The molecular weight excluding hydrogens is 378 g/mol. The van der Waals surface area contributed by atoms with Crippen LogP contribution in [0.25, 0.3) is 0 Å². The van der Waals surface area contributed by atoms with Crippen molar-refractivity contribution in [2.75, 3.05) is 0 Å². The number of phenols is 1. The van der Waals surface area contributed by atoms with Gasteiger partial charge in [-0.1, -0.05) is 41.5 Å². The van der Waals surface area contributed by atoms with Gasteiger partial charge in [-0.25, -0.2) is 0 Å². The summed E-state index contributed by atoms with van der Waals surface area (Å²) in [5.74, 6) is 0.156. The molecule has 2 aromatic carbocycles. The first kappa shape index (κ1) is 21.6. The van der Waals surface area contributed by atoms with Gasteiger partial charge < -0.3 is 5.11 Å². The third kappa shape index (κ3) is 4.42.